The molecule has 80 valence electrons. The molecular weight excluding hydrogens is 199 g/mol. The lowest BCUT2D eigenvalue weighted by atomic mass is 10.1. The first-order chi connectivity index (χ1) is 7.79. The van der Waals surface area contributed by atoms with Gasteiger partial charge in [-0.25, -0.2) is 0 Å². The van der Waals surface area contributed by atoms with Crippen LogP contribution in [-0.4, -0.2) is 17.1 Å². The second-order valence-corrected chi connectivity index (χ2v) is 3.86. The highest BCUT2D eigenvalue weighted by Gasteiger charge is 2.07. The molecule has 0 aliphatic heterocycles. The minimum atomic E-state index is 0.878. The Morgan fingerprint density at radius 2 is 2.06 bits per heavy atom. The molecule has 0 saturated heterocycles. The summed E-state index contributed by atoms with van der Waals surface area (Å²) in [6.07, 6.45) is 1.84. The maximum Gasteiger partial charge on any atom is 0.119 e. The molecule has 2 aromatic heterocycles. The number of aromatic nitrogens is 2. The third-order valence-electron chi connectivity index (χ3n) is 2.92. The van der Waals surface area contributed by atoms with E-state index in [-0.39, 0.29) is 0 Å². The monoisotopic (exact) mass is 211 g/mol. The second-order valence-electron chi connectivity index (χ2n) is 3.86. The zero-order chi connectivity index (χ0) is 11.1. The average Bonchev–Trinajstić information content (AvgIpc) is 2.68. The number of nitrogens with one attached hydrogen (secondary N) is 1. The lowest BCUT2D eigenvalue weighted by molar-refractivity contribution is 0.415. The third-order valence-corrected chi connectivity index (χ3v) is 2.92. The van der Waals surface area contributed by atoms with Crippen LogP contribution in [0.5, 0.6) is 5.75 Å². The van der Waals surface area contributed by atoms with E-state index in [0.29, 0.717) is 0 Å². The molecule has 3 rings (SSSR count). The van der Waals surface area contributed by atoms with Crippen molar-refractivity contribution in [3.05, 3.63) is 36.2 Å². The normalized spacial score (nSPS) is 11.1. The van der Waals surface area contributed by atoms with E-state index in [1.54, 1.807) is 7.11 Å². The van der Waals surface area contributed by atoms with Crippen molar-refractivity contribution in [3.63, 3.8) is 0 Å². The van der Waals surface area contributed by atoms with Gasteiger partial charge in [0.15, 0.2) is 0 Å². The van der Waals surface area contributed by atoms with Crippen molar-refractivity contribution in [3.8, 4) is 5.75 Å². The average molecular weight is 211 g/mol. The van der Waals surface area contributed by atoms with Crippen LogP contribution in [0.25, 0.3) is 21.8 Å². The first-order valence-corrected chi connectivity index (χ1v) is 5.20. The van der Waals surface area contributed by atoms with Crippen LogP contribution in [0.3, 0.4) is 0 Å². The number of hydrogen-bond acceptors (Lipinski definition) is 2. The van der Waals surface area contributed by atoms with Crippen LogP contribution in [0, 0.1) is 6.92 Å². The molecule has 0 saturated carbocycles. The number of methoxy groups -OCH3 is 1. The molecule has 1 N–H and O–H groups in total. The Hall–Kier alpha value is -2.03. The molecule has 3 nitrogen and oxygen atoms in total. The summed E-state index contributed by atoms with van der Waals surface area (Å²) in [5, 5.41) is 2.38. The summed E-state index contributed by atoms with van der Waals surface area (Å²) in [7, 11) is 1.68. The first kappa shape index (κ1) is 9.21. The van der Waals surface area contributed by atoms with Gasteiger partial charge in [-0.05, 0) is 31.2 Å². The Labute approximate surface area is 93.1 Å². The molecule has 0 aliphatic carbocycles. The van der Waals surface area contributed by atoms with Gasteiger partial charge in [-0.15, -0.1) is 0 Å². The molecule has 0 radical (unpaired) electrons. The van der Waals surface area contributed by atoms with E-state index in [0.717, 1.165) is 22.5 Å². The molecule has 0 atom stereocenters. The summed E-state index contributed by atoms with van der Waals surface area (Å²) in [6.45, 7) is 2.01. The smallest absolute Gasteiger partial charge is 0.119 e. The molecule has 16 heavy (non-hydrogen) atoms. The van der Waals surface area contributed by atoms with Crippen LogP contribution in [0.4, 0.5) is 0 Å². The number of benzene rings is 1. The Morgan fingerprint density at radius 1 is 1.19 bits per heavy atom. The third kappa shape index (κ3) is 1.18. The topological polar surface area (TPSA) is 37.9 Å². The molecule has 0 fully saturated rings. The molecule has 3 heteroatoms. The van der Waals surface area contributed by atoms with Crippen molar-refractivity contribution in [2.24, 2.45) is 0 Å². The number of aryl methyl sites for hydroxylation is 1. The van der Waals surface area contributed by atoms with E-state index < -0.39 is 0 Å². The molecule has 0 aliphatic rings. The van der Waals surface area contributed by atoms with E-state index in [1.165, 1.54) is 10.8 Å². The fraction of sp³-hybridized carbons (Fsp3) is 0.154. The van der Waals surface area contributed by atoms with Gasteiger partial charge >= 0.3 is 0 Å². The van der Waals surface area contributed by atoms with Crippen molar-refractivity contribution in [2.45, 2.75) is 6.92 Å². The zero-order valence-corrected chi connectivity index (χ0v) is 9.24. The molecule has 3 aromatic rings. The minimum absolute atomic E-state index is 0.878. The fourth-order valence-electron chi connectivity index (χ4n) is 2.07. The Kier molecular flexibility index (Phi) is 1.86. The van der Waals surface area contributed by atoms with E-state index in [1.807, 2.05) is 37.4 Å². The van der Waals surface area contributed by atoms with E-state index in [9.17, 15) is 0 Å². The summed E-state index contributed by atoms with van der Waals surface area (Å²) in [4.78, 5) is 7.66. The van der Waals surface area contributed by atoms with Crippen LogP contribution in [0.1, 0.15) is 5.69 Å². The van der Waals surface area contributed by atoms with Crippen molar-refractivity contribution in [2.75, 3.05) is 7.11 Å². The van der Waals surface area contributed by atoms with E-state index in [2.05, 4.69) is 9.97 Å². The quantitative estimate of drug-likeness (QED) is 0.671. The van der Waals surface area contributed by atoms with Crippen LogP contribution in [0.15, 0.2) is 30.5 Å². The van der Waals surface area contributed by atoms with Crippen molar-refractivity contribution >= 4 is 21.8 Å². The summed E-state index contributed by atoms with van der Waals surface area (Å²) < 4.78 is 5.24. The Morgan fingerprint density at radius 3 is 2.88 bits per heavy atom. The largest absolute Gasteiger partial charge is 0.497 e. The van der Waals surface area contributed by atoms with Crippen LogP contribution in [-0.2, 0) is 0 Å². The summed E-state index contributed by atoms with van der Waals surface area (Å²) in [5.41, 5.74) is 3.24. The van der Waals surface area contributed by atoms with Gasteiger partial charge in [0, 0.05) is 22.5 Å². The first-order valence-electron chi connectivity index (χ1n) is 5.20. The number of rotatable bonds is 1. The van der Waals surface area contributed by atoms with Crippen LogP contribution in [0.2, 0.25) is 0 Å². The maximum absolute atomic E-state index is 5.24. The molecular formula is C13H12N2O. The standard InChI is InChI=1S/C13H12N2O/c1-8-13-10(5-6-14-8)11-7-9(16-2)3-4-12(11)15-13/h3-7,15H,1-2H3/i2-1. The number of pyridine rings is 1. The second kappa shape index (κ2) is 3.23. The minimum Gasteiger partial charge on any atom is -0.497 e. The number of hydrogen-bond donors (Lipinski definition) is 1. The number of H-pyrrole nitrogens is 1. The van der Waals surface area contributed by atoms with Gasteiger partial charge in [0.2, 0.25) is 0 Å². The molecule has 0 bridgehead atoms. The molecule has 1 aromatic carbocycles. The van der Waals surface area contributed by atoms with Gasteiger partial charge in [0.05, 0.1) is 18.3 Å². The Balaban J connectivity index is 2.47. The molecule has 0 unspecified atom stereocenters. The highest BCUT2D eigenvalue weighted by Crippen LogP contribution is 2.29. The lowest BCUT2D eigenvalue weighted by Crippen LogP contribution is -1.81. The fourth-order valence-corrected chi connectivity index (χ4v) is 2.07. The lowest BCUT2D eigenvalue weighted by Gasteiger charge is -1.98. The predicted octanol–water partition coefficient (Wildman–Crippen LogP) is 3.03. The molecule has 0 spiro atoms. The van der Waals surface area contributed by atoms with Crippen LogP contribution < -0.4 is 4.74 Å². The van der Waals surface area contributed by atoms with Gasteiger partial charge < -0.3 is 9.72 Å². The molecule has 0 amide bonds. The zero-order valence-electron chi connectivity index (χ0n) is 9.24. The van der Waals surface area contributed by atoms with Gasteiger partial charge in [-0.3, -0.25) is 4.98 Å². The number of ether oxygens (including phenoxy) is 1. The van der Waals surface area contributed by atoms with Gasteiger partial charge in [0.25, 0.3) is 0 Å². The van der Waals surface area contributed by atoms with Gasteiger partial charge in [-0.1, -0.05) is 0 Å². The van der Waals surface area contributed by atoms with Gasteiger partial charge in [-0.2, -0.15) is 0 Å². The summed E-state index contributed by atoms with van der Waals surface area (Å²) in [6, 6.07) is 8.07. The van der Waals surface area contributed by atoms with Crippen molar-refractivity contribution < 1.29 is 4.74 Å². The molecule has 2 heterocycles. The maximum atomic E-state index is 5.24. The van der Waals surface area contributed by atoms with E-state index >= 15 is 0 Å². The Bertz CT molecular complexity index is 670. The predicted molar refractivity (Wildman–Crippen MR) is 64.9 cm³/mol. The summed E-state index contributed by atoms with van der Waals surface area (Å²) in [5.74, 6) is 0.878. The number of fused-ring (bicyclic) bond motifs is 3. The number of nitrogens with zero attached hydrogens (tertiary/aromatic N) is 1. The van der Waals surface area contributed by atoms with E-state index in [4.69, 9.17) is 4.74 Å². The highest BCUT2D eigenvalue weighted by molar-refractivity contribution is 6.08. The number of aromatic amines is 1. The summed E-state index contributed by atoms with van der Waals surface area (Å²) >= 11 is 0. The highest BCUT2D eigenvalue weighted by atomic mass is 16.4. The van der Waals surface area contributed by atoms with Gasteiger partial charge in [0.1, 0.15) is 5.75 Å². The SMILES string of the molecule is Cc1nccc2c1[nH]c1ccc(O[11CH3])cc12. The van der Waals surface area contributed by atoms with Crippen molar-refractivity contribution in [1.29, 1.82) is 0 Å². The van der Waals surface area contributed by atoms with Crippen molar-refractivity contribution in [1.82, 2.24) is 9.97 Å². The van der Waals surface area contributed by atoms with Crippen LogP contribution >= 0.6 is 0 Å².